The Bertz CT molecular complexity index is 399. The van der Waals surface area contributed by atoms with Crippen LogP contribution in [0.5, 0.6) is 0 Å². The van der Waals surface area contributed by atoms with Crippen molar-refractivity contribution < 1.29 is 0 Å². The number of benzene rings is 1. The highest BCUT2D eigenvalue weighted by Gasteiger charge is 2.14. The van der Waals surface area contributed by atoms with Gasteiger partial charge in [-0.15, -0.1) is 0 Å². The van der Waals surface area contributed by atoms with Crippen LogP contribution >= 0.6 is 12.2 Å². The predicted octanol–water partition coefficient (Wildman–Crippen LogP) is 3.80. The summed E-state index contributed by atoms with van der Waals surface area (Å²) in [5.74, 6) is 0. The van der Waals surface area contributed by atoms with Gasteiger partial charge in [-0.25, -0.2) is 0 Å². The lowest BCUT2D eigenvalue weighted by atomic mass is 9.96. The quantitative estimate of drug-likeness (QED) is 0.807. The highest BCUT2D eigenvalue weighted by Crippen LogP contribution is 2.17. The topological polar surface area (TPSA) is 24.1 Å². The summed E-state index contributed by atoms with van der Waals surface area (Å²) in [7, 11) is 0. The lowest BCUT2D eigenvalue weighted by Crippen LogP contribution is -2.45. The molecule has 0 spiro atoms. The molecule has 1 saturated carbocycles. The molecule has 0 bridgehead atoms. The molecule has 1 aromatic carbocycles. The number of hydrogen-bond acceptors (Lipinski definition) is 1. The van der Waals surface area contributed by atoms with Gasteiger partial charge in [0.2, 0.25) is 0 Å². The van der Waals surface area contributed by atoms with Crippen molar-refractivity contribution in [3.63, 3.8) is 0 Å². The van der Waals surface area contributed by atoms with Crippen LogP contribution in [0.3, 0.4) is 0 Å². The van der Waals surface area contributed by atoms with Crippen LogP contribution in [0, 0.1) is 0 Å². The van der Waals surface area contributed by atoms with E-state index in [1.54, 1.807) is 0 Å². The standard InChI is InChI=1S/C17H26N2S/c1-14(12-13-15-8-4-2-5-9-15)18-17(20)19-16-10-6-3-7-11-16/h2,4-5,8-9,14,16H,3,6-7,10-13H2,1H3,(H2,18,19,20)/t14-/m0/s1. The van der Waals surface area contributed by atoms with Gasteiger partial charge in [0, 0.05) is 12.1 Å². The summed E-state index contributed by atoms with van der Waals surface area (Å²) < 4.78 is 0. The van der Waals surface area contributed by atoms with E-state index in [4.69, 9.17) is 12.2 Å². The van der Waals surface area contributed by atoms with Gasteiger partial charge in [0.25, 0.3) is 0 Å². The Labute approximate surface area is 128 Å². The van der Waals surface area contributed by atoms with Crippen LogP contribution in [0.2, 0.25) is 0 Å². The molecular formula is C17H26N2S. The SMILES string of the molecule is C[C@@H](CCc1ccccc1)NC(=S)NC1CCCCC1. The number of nitrogens with one attached hydrogen (secondary N) is 2. The summed E-state index contributed by atoms with van der Waals surface area (Å²) in [6.45, 7) is 2.21. The molecule has 0 amide bonds. The lowest BCUT2D eigenvalue weighted by molar-refractivity contribution is 0.410. The van der Waals surface area contributed by atoms with Gasteiger partial charge < -0.3 is 10.6 Å². The van der Waals surface area contributed by atoms with Gasteiger partial charge in [0.1, 0.15) is 0 Å². The maximum Gasteiger partial charge on any atom is 0.166 e. The van der Waals surface area contributed by atoms with Crippen LogP contribution in [-0.4, -0.2) is 17.2 Å². The minimum Gasteiger partial charge on any atom is -0.360 e. The fourth-order valence-electron chi connectivity index (χ4n) is 2.80. The zero-order valence-electron chi connectivity index (χ0n) is 12.4. The molecule has 1 fully saturated rings. The van der Waals surface area contributed by atoms with Gasteiger partial charge in [0.15, 0.2) is 5.11 Å². The average Bonchev–Trinajstić information content (AvgIpc) is 2.47. The summed E-state index contributed by atoms with van der Waals surface area (Å²) in [5.41, 5.74) is 1.40. The van der Waals surface area contributed by atoms with Crippen molar-refractivity contribution in [3.05, 3.63) is 35.9 Å². The van der Waals surface area contributed by atoms with Crippen molar-refractivity contribution in [1.82, 2.24) is 10.6 Å². The number of hydrogen-bond donors (Lipinski definition) is 2. The van der Waals surface area contributed by atoms with Gasteiger partial charge in [-0.05, 0) is 50.4 Å². The Hall–Kier alpha value is -1.09. The molecule has 0 saturated heterocycles. The zero-order valence-corrected chi connectivity index (χ0v) is 13.2. The Kier molecular flexibility index (Phi) is 6.31. The maximum absolute atomic E-state index is 5.42. The van der Waals surface area contributed by atoms with Gasteiger partial charge in [-0.1, -0.05) is 49.6 Å². The van der Waals surface area contributed by atoms with E-state index in [-0.39, 0.29) is 0 Å². The van der Waals surface area contributed by atoms with E-state index in [0.717, 1.165) is 18.0 Å². The van der Waals surface area contributed by atoms with Crippen molar-refractivity contribution in [2.75, 3.05) is 0 Å². The Morgan fingerprint density at radius 3 is 2.60 bits per heavy atom. The molecule has 1 aromatic rings. The predicted molar refractivity (Wildman–Crippen MR) is 90.0 cm³/mol. The van der Waals surface area contributed by atoms with Crippen LogP contribution in [0.15, 0.2) is 30.3 Å². The second kappa shape index (κ2) is 8.25. The molecule has 110 valence electrons. The van der Waals surface area contributed by atoms with Crippen molar-refractivity contribution in [2.45, 2.75) is 64.0 Å². The summed E-state index contributed by atoms with van der Waals surface area (Å²) in [5, 5.41) is 7.72. The van der Waals surface area contributed by atoms with Crippen molar-refractivity contribution in [2.24, 2.45) is 0 Å². The third kappa shape index (κ3) is 5.49. The smallest absolute Gasteiger partial charge is 0.166 e. The first-order valence-electron chi connectivity index (χ1n) is 7.85. The van der Waals surface area contributed by atoms with E-state index in [9.17, 15) is 0 Å². The van der Waals surface area contributed by atoms with E-state index < -0.39 is 0 Å². The number of rotatable bonds is 5. The van der Waals surface area contributed by atoms with Gasteiger partial charge >= 0.3 is 0 Å². The third-order valence-corrected chi connectivity index (χ3v) is 4.26. The minimum atomic E-state index is 0.416. The van der Waals surface area contributed by atoms with E-state index in [0.29, 0.717) is 12.1 Å². The molecule has 2 N–H and O–H groups in total. The molecule has 1 aliphatic carbocycles. The molecule has 0 unspecified atom stereocenters. The Morgan fingerprint density at radius 1 is 1.20 bits per heavy atom. The molecule has 1 atom stereocenters. The largest absolute Gasteiger partial charge is 0.360 e. The molecule has 0 heterocycles. The van der Waals surface area contributed by atoms with Crippen LogP contribution in [0.1, 0.15) is 51.0 Å². The van der Waals surface area contributed by atoms with Crippen molar-refractivity contribution >= 4 is 17.3 Å². The first-order valence-corrected chi connectivity index (χ1v) is 8.26. The fourth-order valence-corrected chi connectivity index (χ4v) is 3.17. The molecule has 20 heavy (non-hydrogen) atoms. The Morgan fingerprint density at radius 2 is 1.90 bits per heavy atom. The average molecular weight is 290 g/mol. The highest BCUT2D eigenvalue weighted by atomic mass is 32.1. The maximum atomic E-state index is 5.42. The Balaban J connectivity index is 1.65. The molecule has 0 aliphatic heterocycles. The van der Waals surface area contributed by atoms with Gasteiger partial charge in [-0.2, -0.15) is 0 Å². The van der Waals surface area contributed by atoms with Gasteiger partial charge in [0.05, 0.1) is 0 Å². The second-order valence-corrected chi connectivity index (χ2v) is 6.29. The molecule has 1 aliphatic rings. The molecular weight excluding hydrogens is 264 g/mol. The molecule has 2 rings (SSSR count). The van der Waals surface area contributed by atoms with Crippen molar-refractivity contribution in [1.29, 1.82) is 0 Å². The summed E-state index contributed by atoms with van der Waals surface area (Å²) in [6.07, 6.45) is 8.79. The number of thiocarbonyl (C=S) groups is 1. The van der Waals surface area contributed by atoms with Crippen LogP contribution in [0.4, 0.5) is 0 Å². The zero-order chi connectivity index (χ0) is 14.2. The summed E-state index contributed by atoms with van der Waals surface area (Å²) >= 11 is 5.42. The van der Waals surface area contributed by atoms with Crippen molar-refractivity contribution in [3.8, 4) is 0 Å². The molecule has 0 aromatic heterocycles. The molecule has 2 nitrogen and oxygen atoms in total. The molecule has 3 heteroatoms. The first-order chi connectivity index (χ1) is 9.74. The van der Waals surface area contributed by atoms with E-state index >= 15 is 0 Å². The van der Waals surface area contributed by atoms with Crippen LogP contribution in [-0.2, 0) is 6.42 Å². The lowest BCUT2D eigenvalue weighted by Gasteiger charge is -2.26. The van der Waals surface area contributed by atoms with Crippen LogP contribution in [0.25, 0.3) is 0 Å². The van der Waals surface area contributed by atoms with Gasteiger partial charge in [-0.3, -0.25) is 0 Å². The fraction of sp³-hybridized carbons (Fsp3) is 0.588. The van der Waals surface area contributed by atoms with E-state index in [2.05, 4.69) is 47.9 Å². The summed E-state index contributed by atoms with van der Waals surface area (Å²) in [4.78, 5) is 0. The highest BCUT2D eigenvalue weighted by molar-refractivity contribution is 7.80. The number of aryl methyl sites for hydroxylation is 1. The second-order valence-electron chi connectivity index (χ2n) is 5.88. The monoisotopic (exact) mass is 290 g/mol. The van der Waals surface area contributed by atoms with E-state index in [1.807, 2.05) is 0 Å². The third-order valence-electron chi connectivity index (χ3n) is 4.03. The normalized spacial score (nSPS) is 17.4. The van der Waals surface area contributed by atoms with E-state index in [1.165, 1.54) is 37.7 Å². The minimum absolute atomic E-state index is 0.416. The first kappa shape index (κ1) is 15.3. The van der Waals surface area contributed by atoms with Crippen LogP contribution < -0.4 is 10.6 Å². The molecule has 0 radical (unpaired) electrons. The summed E-state index contributed by atoms with van der Waals surface area (Å²) in [6, 6.07) is 11.6.